The third kappa shape index (κ3) is 3.42. The Kier molecular flexibility index (Phi) is 5.38. The van der Waals surface area contributed by atoms with Crippen molar-refractivity contribution < 1.29 is 0 Å². The number of hydrogen-bond acceptors (Lipinski definition) is 1. The SMILES string of the molecule is CCCC1CCN(c2ccc(Cl)cc2CBr)CC1. The maximum atomic E-state index is 6.06. The number of halogens is 2. The summed E-state index contributed by atoms with van der Waals surface area (Å²) in [6, 6.07) is 6.24. The summed E-state index contributed by atoms with van der Waals surface area (Å²) < 4.78 is 0. The smallest absolute Gasteiger partial charge is 0.0410 e. The summed E-state index contributed by atoms with van der Waals surface area (Å²) in [6.07, 6.45) is 5.37. The summed E-state index contributed by atoms with van der Waals surface area (Å²) in [7, 11) is 0. The molecule has 2 rings (SSSR count). The number of nitrogens with zero attached hydrogens (tertiary/aromatic N) is 1. The summed E-state index contributed by atoms with van der Waals surface area (Å²) in [5.74, 6) is 0.936. The van der Waals surface area contributed by atoms with Gasteiger partial charge in [0, 0.05) is 29.1 Å². The lowest BCUT2D eigenvalue weighted by molar-refractivity contribution is 0.378. The zero-order valence-electron chi connectivity index (χ0n) is 11.0. The van der Waals surface area contributed by atoms with Crippen molar-refractivity contribution in [1.82, 2.24) is 0 Å². The number of rotatable bonds is 4. The number of alkyl halides is 1. The lowest BCUT2D eigenvalue weighted by Gasteiger charge is -2.34. The van der Waals surface area contributed by atoms with Gasteiger partial charge in [-0.2, -0.15) is 0 Å². The number of hydrogen-bond donors (Lipinski definition) is 0. The lowest BCUT2D eigenvalue weighted by Crippen LogP contribution is -2.34. The molecule has 0 bridgehead atoms. The van der Waals surface area contributed by atoms with Crippen LogP contribution in [0.25, 0.3) is 0 Å². The summed E-state index contributed by atoms with van der Waals surface area (Å²) in [4.78, 5) is 2.51. The third-order valence-electron chi connectivity index (χ3n) is 3.84. The van der Waals surface area contributed by atoms with E-state index >= 15 is 0 Å². The van der Waals surface area contributed by atoms with Crippen LogP contribution >= 0.6 is 27.5 Å². The van der Waals surface area contributed by atoms with E-state index in [9.17, 15) is 0 Å². The Bertz CT molecular complexity index is 386. The molecule has 0 spiro atoms. The van der Waals surface area contributed by atoms with E-state index in [0.717, 1.165) is 16.3 Å². The molecule has 0 N–H and O–H groups in total. The fraction of sp³-hybridized carbons (Fsp3) is 0.600. The normalized spacial score (nSPS) is 17.2. The topological polar surface area (TPSA) is 3.24 Å². The van der Waals surface area contributed by atoms with Crippen molar-refractivity contribution in [1.29, 1.82) is 0 Å². The number of piperidine rings is 1. The molecular formula is C15H21BrClN. The molecule has 0 aromatic heterocycles. The van der Waals surface area contributed by atoms with Crippen LogP contribution in [0.15, 0.2) is 18.2 Å². The quantitative estimate of drug-likeness (QED) is 0.681. The predicted octanol–water partition coefficient (Wildman–Crippen LogP) is 5.25. The van der Waals surface area contributed by atoms with E-state index in [1.54, 1.807) is 0 Å². The van der Waals surface area contributed by atoms with Crippen LogP contribution in [-0.2, 0) is 5.33 Å². The van der Waals surface area contributed by atoms with Gasteiger partial charge in [0.15, 0.2) is 0 Å². The van der Waals surface area contributed by atoms with Gasteiger partial charge in [0.05, 0.1) is 0 Å². The van der Waals surface area contributed by atoms with Crippen LogP contribution in [0, 0.1) is 5.92 Å². The van der Waals surface area contributed by atoms with E-state index in [2.05, 4.69) is 39.9 Å². The van der Waals surface area contributed by atoms with Gasteiger partial charge in [-0.05, 0) is 42.5 Å². The van der Waals surface area contributed by atoms with Crippen LogP contribution in [0.5, 0.6) is 0 Å². The van der Waals surface area contributed by atoms with Crippen LogP contribution in [0.4, 0.5) is 5.69 Å². The third-order valence-corrected chi connectivity index (χ3v) is 4.68. The van der Waals surface area contributed by atoms with E-state index in [1.165, 1.54) is 50.0 Å². The summed E-state index contributed by atoms with van der Waals surface area (Å²) in [5, 5.41) is 1.70. The van der Waals surface area contributed by atoms with Gasteiger partial charge in [-0.1, -0.05) is 47.3 Å². The molecule has 1 saturated heterocycles. The van der Waals surface area contributed by atoms with E-state index in [0.29, 0.717) is 0 Å². The molecule has 1 heterocycles. The summed E-state index contributed by atoms with van der Waals surface area (Å²) in [6.45, 7) is 4.66. The van der Waals surface area contributed by atoms with Crippen molar-refractivity contribution in [3.05, 3.63) is 28.8 Å². The Morgan fingerprint density at radius 3 is 2.67 bits per heavy atom. The zero-order chi connectivity index (χ0) is 13.0. The molecule has 3 heteroatoms. The fourth-order valence-corrected chi connectivity index (χ4v) is 3.48. The number of anilines is 1. The molecule has 1 fully saturated rings. The van der Waals surface area contributed by atoms with Crippen LogP contribution in [0.2, 0.25) is 5.02 Å². The van der Waals surface area contributed by atoms with E-state index < -0.39 is 0 Å². The van der Waals surface area contributed by atoms with Gasteiger partial charge >= 0.3 is 0 Å². The van der Waals surface area contributed by atoms with Crippen LogP contribution < -0.4 is 4.90 Å². The minimum atomic E-state index is 0.828. The van der Waals surface area contributed by atoms with E-state index in [4.69, 9.17) is 11.6 Å². The highest BCUT2D eigenvalue weighted by Gasteiger charge is 2.20. The molecule has 0 amide bonds. The average Bonchev–Trinajstić information content (AvgIpc) is 2.40. The standard InChI is InChI=1S/C15H21BrClN/c1-2-3-12-6-8-18(9-7-12)15-5-4-14(17)10-13(15)11-16/h4-5,10,12H,2-3,6-9,11H2,1H3. The van der Waals surface area contributed by atoms with Gasteiger partial charge in [-0.3, -0.25) is 0 Å². The first-order valence-corrected chi connectivity index (χ1v) is 8.34. The van der Waals surface area contributed by atoms with Crippen molar-refractivity contribution >= 4 is 33.2 Å². The lowest BCUT2D eigenvalue weighted by atomic mass is 9.92. The largest absolute Gasteiger partial charge is 0.371 e. The molecule has 0 atom stereocenters. The summed E-state index contributed by atoms with van der Waals surface area (Å²) >= 11 is 9.62. The zero-order valence-corrected chi connectivity index (χ0v) is 13.3. The van der Waals surface area contributed by atoms with Crippen LogP contribution in [0.3, 0.4) is 0 Å². The Hall–Kier alpha value is -0.210. The van der Waals surface area contributed by atoms with Gasteiger partial charge in [0.25, 0.3) is 0 Å². The molecule has 1 aliphatic heterocycles. The second kappa shape index (κ2) is 6.81. The van der Waals surface area contributed by atoms with Crippen molar-refractivity contribution in [2.75, 3.05) is 18.0 Å². The first-order valence-electron chi connectivity index (χ1n) is 6.84. The van der Waals surface area contributed by atoms with Gasteiger partial charge in [0.1, 0.15) is 0 Å². The Morgan fingerprint density at radius 2 is 2.06 bits per heavy atom. The summed E-state index contributed by atoms with van der Waals surface area (Å²) in [5.41, 5.74) is 2.66. The van der Waals surface area contributed by atoms with Crippen LogP contribution in [-0.4, -0.2) is 13.1 Å². The highest BCUT2D eigenvalue weighted by Crippen LogP contribution is 2.31. The second-order valence-corrected chi connectivity index (χ2v) is 6.12. The molecule has 0 unspecified atom stereocenters. The van der Waals surface area contributed by atoms with Crippen molar-refractivity contribution in [3.63, 3.8) is 0 Å². The molecule has 1 aromatic carbocycles. The van der Waals surface area contributed by atoms with Crippen molar-refractivity contribution in [2.24, 2.45) is 5.92 Å². The maximum Gasteiger partial charge on any atom is 0.0410 e. The average molecular weight is 331 g/mol. The molecular weight excluding hydrogens is 310 g/mol. The van der Waals surface area contributed by atoms with E-state index in [1.807, 2.05) is 6.07 Å². The second-order valence-electron chi connectivity index (χ2n) is 5.13. The predicted molar refractivity (Wildman–Crippen MR) is 83.9 cm³/mol. The maximum absolute atomic E-state index is 6.06. The van der Waals surface area contributed by atoms with Crippen LogP contribution in [0.1, 0.15) is 38.2 Å². The number of benzene rings is 1. The van der Waals surface area contributed by atoms with Gasteiger partial charge in [0.2, 0.25) is 0 Å². The fourth-order valence-electron chi connectivity index (χ4n) is 2.84. The first kappa shape index (κ1) is 14.2. The highest BCUT2D eigenvalue weighted by molar-refractivity contribution is 9.08. The molecule has 18 heavy (non-hydrogen) atoms. The van der Waals surface area contributed by atoms with Gasteiger partial charge in [-0.25, -0.2) is 0 Å². The Morgan fingerprint density at radius 1 is 1.33 bits per heavy atom. The van der Waals surface area contributed by atoms with Crippen molar-refractivity contribution in [3.8, 4) is 0 Å². The molecule has 0 aliphatic carbocycles. The minimum Gasteiger partial charge on any atom is -0.371 e. The molecule has 0 saturated carbocycles. The van der Waals surface area contributed by atoms with Gasteiger partial charge in [-0.15, -0.1) is 0 Å². The van der Waals surface area contributed by atoms with Gasteiger partial charge < -0.3 is 4.90 Å². The molecule has 100 valence electrons. The Labute approximate surface area is 124 Å². The van der Waals surface area contributed by atoms with E-state index in [-0.39, 0.29) is 0 Å². The van der Waals surface area contributed by atoms with Crippen molar-refractivity contribution in [2.45, 2.75) is 37.9 Å². The molecule has 0 radical (unpaired) electrons. The highest BCUT2D eigenvalue weighted by atomic mass is 79.9. The molecule has 1 nitrogen and oxygen atoms in total. The Balaban J connectivity index is 2.05. The molecule has 1 aromatic rings. The first-order chi connectivity index (χ1) is 8.74. The minimum absolute atomic E-state index is 0.828. The monoisotopic (exact) mass is 329 g/mol. The molecule has 1 aliphatic rings.